The van der Waals surface area contributed by atoms with Crippen molar-refractivity contribution in [3.05, 3.63) is 82.6 Å². The van der Waals surface area contributed by atoms with E-state index < -0.39 is 0 Å². The summed E-state index contributed by atoms with van der Waals surface area (Å²) >= 11 is 6.12. The summed E-state index contributed by atoms with van der Waals surface area (Å²) in [6, 6.07) is 19.4. The number of carbonyl (C=O) groups excluding carboxylic acids is 1. The van der Waals surface area contributed by atoms with Crippen molar-refractivity contribution in [3.8, 4) is 0 Å². The molecule has 1 aliphatic rings. The standard InChI is InChI=1S/C23H25ClN4O/c1-18-16-22(28(25-18)23(29)19-6-3-2-4-7-19)10-11-26-12-14-27(15-13-26)21-9-5-8-20(24)17-21/h2-9,16-17H,10-15H2,1H3. The summed E-state index contributed by atoms with van der Waals surface area (Å²) in [5, 5.41) is 5.21. The molecule has 5 nitrogen and oxygen atoms in total. The number of nitrogens with zero attached hydrogens (tertiary/aromatic N) is 4. The topological polar surface area (TPSA) is 41.4 Å². The van der Waals surface area contributed by atoms with Crippen LogP contribution in [0.15, 0.2) is 60.7 Å². The zero-order chi connectivity index (χ0) is 20.2. The van der Waals surface area contributed by atoms with Crippen LogP contribution in [-0.2, 0) is 6.42 Å². The Hall–Kier alpha value is -2.63. The van der Waals surface area contributed by atoms with E-state index in [-0.39, 0.29) is 5.91 Å². The molecule has 1 saturated heterocycles. The molecule has 2 heterocycles. The van der Waals surface area contributed by atoms with E-state index >= 15 is 0 Å². The van der Waals surface area contributed by atoms with E-state index in [1.807, 2.05) is 61.5 Å². The van der Waals surface area contributed by atoms with E-state index in [0.717, 1.165) is 55.6 Å². The lowest BCUT2D eigenvalue weighted by Crippen LogP contribution is -2.47. The third kappa shape index (κ3) is 4.69. The van der Waals surface area contributed by atoms with Crippen LogP contribution in [0.1, 0.15) is 21.7 Å². The van der Waals surface area contributed by atoms with Crippen LogP contribution in [0, 0.1) is 6.92 Å². The van der Waals surface area contributed by atoms with E-state index in [1.165, 1.54) is 5.69 Å². The van der Waals surface area contributed by atoms with Crippen molar-refractivity contribution in [1.82, 2.24) is 14.7 Å². The lowest BCUT2D eigenvalue weighted by atomic mass is 10.2. The Morgan fingerprint density at radius 2 is 1.76 bits per heavy atom. The van der Waals surface area contributed by atoms with Crippen LogP contribution in [0.3, 0.4) is 0 Å². The lowest BCUT2D eigenvalue weighted by molar-refractivity contribution is 0.0940. The van der Waals surface area contributed by atoms with Crippen LogP contribution in [0.2, 0.25) is 5.02 Å². The first-order valence-corrected chi connectivity index (χ1v) is 10.4. The third-order valence-electron chi connectivity index (χ3n) is 5.35. The molecule has 0 atom stereocenters. The van der Waals surface area contributed by atoms with Gasteiger partial charge in [0.15, 0.2) is 0 Å². The van der Waals surface area contributed by atoms with Gasteiger partial charge in [-0.1, -0.05) is 35.9 Å². The first-order chi connectivity index (χ1) is 14.1. The summed E-state index contributed by atoms with van der Waals surface area (Å²) in [5.74, 6) is -0.0699. The van der Waals surface area contributed by atoms with Gasteiger partial charge in [0, 0.05) is 61.1 Å². The Morgan fingerprint density at radius 1 is 1.00 bits per heavy atom. The number of aryl methyl sites for hydroxylation is 1. The highest BCUT2D eigenvalue weighted by Gasteiger charge is 2.19. The first-order valence-electron chi connectivity index (χ1n) is 9.98. The van der Waals surface area contributed by atoms with Crippen molar-refractivity contribution in [2.24, 2.45) is 0 Å². The molecule has 0 saturated carbocycles. The lowest BCUT2D eigenvalue weighted by Gasteiger charge is -2.36. The molecule has 0 spiro atoms. The Labute approximate surface area is 176 Å². The van der Waals surface area contributed by atoms with Crippen molar-refractivity contribution in [2.75, 3.05) is 37.6 Å². The smallest absolute Gasteiger partial charge is 0.278 e. The molecule has 0 amide bonds. The summed E-state index contributed by atoms with van der Waals surface area (Å²) in [6.45, 7) is 6.78. The molecule has 1 fully saturated rings. The second-order valence-corrected chi connectivity index (χ2v) is 7.86. The Kier molecular flexibility index (Phi) is 5.97. The van der Waals surface area contributed by atoms with Crippen LogP contribution in [0.5, 0.6) is 0 Å². The zero-order valence-electron chi connectivity index (χ0n) is 16.6. The summed E-state index contributed by atoms with van der Waals surface area (Å²) in [6.07, 6.45) is 0.802. The minimum Gasteiger partial charge on any atom is -0.369 e. The van der Waals surface area contributed by atoms with E-state index in [1.54, 1.807) is 4.68 Å². The van der Waals surface area contributed by atoms with Gasteiger partial charge in [0.05, 0.1) is 5.69 Å². The van der Waals surface area contributed by atoms with Crippen LogP contribution in [-0.4, -0.2) is 53.3 Å². The molecule has 3 aromatic rings. The molecule has 0 N–H and O–H groups in total. The minimum absolute atomic E-state index is 0.0699. The van der Waals surface area contributed by atoms with Crippen molar-refractivity contribution in [2.45, 2.75) is 13.3 Å². The molecule has 29 heavy (non-hydrogen) atoms. The highest BCUT2D eigenvalue weighted by Crippen LogP contribution is 2.21. The van der Waals surface area contributed by atoms with E-state index in [0.29, 0.717) is 5.56 Å². The van der Waals surface area contributed by atoms with Gasteiger partial charge < -0.3 is 4.90 Å². The fraction of sp³-hybridized carbons (Fsp3) is 0.304. The van der Waals surface area contributed by atoms with Crippen LogP contribution in [0.4, 0.5) is 5.69 Å². The predicted molar refractivity (Wildman–Crippen MR) is 117 cm³/mol. The van der Waals surface area contributed by atoms with Crippen molar-refractivity contribution >= 4 is 23.2 Å². The quantitative estimate of drug-likeness (QED) is 0.642. The summed E-state index contributed by atoms with van der Waals surface area (Å²) in [7, 11) is 0. The molecular formula is C23H25ClN4O. The number of hydrogen-bond acceptors (Lipinski definition) is 4. The summed E-state index contributed by atoms with van der Waals surface area (Å²) < 4.78 is 1.56. The predicted octanol–water partition coefficient (Wildman–Crippen LogP) is 3.90. The molecule has 6 heteroatoms. The molecular weight excluding hydrogens is 384 g/mol. The molecule has 0 aliphatic carbocycles. The third-order valence-corrected chi connectivity index (χ3v) is 5.58. The van der Waals surface area contributed by atoms with Crippen LogP contribution >= 0.6 is 11.6 Å². The maximum Gasteiger partial charge on any atom is 0.278 e. The maximum atomic E-state index is 12.8. The van der Waals surface area contributed by atoms with Crippen molar-refractivity contribution in [3.63, 3.8) is 0 Å². The Morgan fingerprint density at radius 3 is 2.48 bits per heavy atom. The van der Waals surface area contributed by atoms with E-state index in [4.69, 9.17) is 11.6 Å². The maximum absolute atomic E-state index is 12.8. The largest absolute Gasteiger partial charge is 0.369 e. The SMILES string of the molecule is Cc1cc(CCN2CCN(c3cccc(Cl)c3)CC2)n(C(=O)c2ccccc2)n1. The molecule has 0 unspecified atom stereocenters. The molecule has 0 radical (unpaired) electrons. The van der Waals surface area contributed by atoms with Gasteiger partial charge in [-0.3, -0.25) is 9.69 Å². The molecule has 150 valence electrons. The fourth-order valence-electron chi connectivity index (χ4n) is 3.79. The zero-order valence-corrected chi connectivity index (χ0v) is 17.3. The molecule has 1 aliphatic heterocycles. The number of hydrogen-bond donors (Lipinski definition) is 0. The van der Waals surface area contributed by atoms with E-state index in [9.17, 15) is 4.79 Å². The second kappa shape index (κ2) is 8.80. The monoisotopic (exact) mass is 408 g/mol. The van der Waals surface area contributed by atoms with Gasteiger partial charge in [0.1, 0.15) is 0 Å². The fourth-order valence-corrected chi connectivity index (χ4v) is 3.97. The van der Waals surface area contributed by atoms with Gasteiger partial charge in [0.25, 0.3) is 5.91 Å². The van der Waals surface area contributed by atoms with Gasteiger partial charge in [0.2, 0.25) is 0 Å². The highest BCUT2D eigenvalue weighted by molar-refractivity contribution is 6.30. The molecule has 2 aromatic carbocycles. The number of piperazine rings is 1. The number of anilines is 1. The summed E-state index contributed by atoms with van der Waals surface area (Å²) in [4.78, 5) is 17.6. The van der Waals surface area contributed by atoms with Crippen molar-refractivity contribution in [1.29, 1.82) is 0 Å². The Bertz CT molecular complexity index is 978. The molecule has 0 bridgehead atoms. The highest BCUT2D eigenvalue weighted by atomic mass is 35.5. The van der Waals surface area contributed by atoms with Crippen LogP contribution in [0.25, 0.3) is 0 Å². The van der Waals surface area contributed by atoms with Gasteiger partial charge in [-0.15, -0.1) is 0 Å². The number of rotatable bonds is 5. The molecule has 4 rings (SSSR count). The van der Waals surface area contributed by atoms with Gasteiger partial charge in [-0.2, -0.15) is 5.10 Å². The first kappa shape index (κ1) is 19.7. The van der Waals surface area contributed by atoms with Gasteiger partial charge in [-0.25, -0.2) is 4.68 Å². The van der Waals surface area contributed by atoms with Gasteiger partial charge >= 0.3 is 0 Å². The van der Waals surface area contributed by atoms with Gasteiger partial charge in [-0.05, 0) is 43.3 Å². The number of aromatic nitrogens is 2. The van der Waals surface area contributed by atoms with Crippen LogP contribution < -0.4 is 4.90 Å². The minimum atomic E-state index is -0.0699. The molecule has 1 aromatic heterocycles. The van der Waals surface area contributed by atoms with Crippen molar-refractivity contribution < 1.29 is 4.79 Å². The normalized spacial score (nSPS) is 14.9. The number of benzene rings is 2. The average Bonchev–Trinajstić information content (AvgIpc) is 3.13. The van der Waals surface area contributed by atoms with E-state index in [2.05, 4.69) is 21.0 Å². The second-order valence-electron chi connectivity index (χ2n) is 7.42. The number of carbonyl (C=O) groups is 1. The summed E-state index contributed by atoms with van der Waals surface area (Å²) in [5.41, 5.74) is 3.68. The average molecular weight is 409 g/mol. The Balaban J connectivity index is 1.36. The number of halogens is 1.